The molecule has 6 nitrogen and oxygen atoms in total. The highest BCUT2D eigenvalue weighted by molar-refractivity contribution is 5.46. The van der Waals surface area contributed by atoms with Crippen LogP contribution in [0.5, 0.6) is 17.4 Å². The van der Waals surface area contributed by atoms with Crippen molar-refractivity contribution in [1.29, 1.82) is 0 Å². The highest BCUT2D eigenvalue weighted by Gasteiger charge is 2.17. The number of rotatable bonds is 3. The number of hydrogen-bond acceptors (Lipinski definition) is 5. The first-order valence-electron chi connectivity index (χ1n) is 4.74. The van der Waals surface area contributed by atoms with Crippen LogP contribution in [0.25, 0.3) is 0 Å². The molecule has 0 saturated carbocycles. The van der Waals surface area contributed by atoms with Crippen LogP contribution in [0, 0.1) is 10.1 Å². The second-order valence-electron chi connectivity index (χ2n) is 3.15. The van der Waals surface area contributed by atoms with Crippen molar-refractivity contribution in [2.75, 3.05) is 0 Å². The Morgan fingerprint density at radius 1 is 1.24 bits per heavy atom. The monoisotopic (exact) mass is 232 g/mol. The highest BCUT2D eigenvalue weighted by Crippen LogP contribution is 2.33. The van der Waals surface area contributed by atoms with Gasteiger partial charge in [-0.15, -0.1) is 0 Å². The van der Waals surface area contributed by atoms with Gasteiger partial charge in [0, 0.05) is 12.3 Å². The van der Waals surface area contributed by atoms with E-state index in [1.54, 1.807) is 12.1 Å². The van der Waals surface area contributed by atoms with Crippen LogP contribution < -0.4 is 4.74 Å². The zero-order valence-electron chi connectivity index (χ0n) is 8.61. The predicted molar refractivity (Wildman–Crippen MR) is 59.1 cm³/mol. The van der Waals surface area contributed by atoms with Gasteiger partial charge < -0.3 is 9.84 Å². The van der Waals surface area contributed by atoms with Crippen LogP contribution in [0.1, 0.15) is 0 Å². The maximum Gasteiger partial charge on any atom is 0.331 e. The van der Waals surface area contributed by atoms with Crippen molar-refractivity contribution in [3.05, 3.63) is 52.7 Å². The number of ether oxygens (including phenoxy) is 1. The quantitative estimate of drug-likeness (QED) is 0.649. The number of nitrogens with zero attached hydrogens (tertiary/aromatic N) is 2. The molecule has 2 aromatic rings. The lowest BCUT2D eigenvalue weighted by Crippen LogP contribution is -1.95. The Kier molecular flexibility index (Phi) is 2.87. The Labute approximate surface area is 96.3 Å². The second kappa shape index (κ2) is 4.48. The molecule has 0 unspecified atom stereocenters. The van der Waals surface area contributed by atoms with Gasteiger partial charge in [-0.1, -0.05) is 12.1 Å². The minimum atomic E-state index is -0.595. The standard InChI is InChI=1S/C11H8N2O4/c14-9-5-1-2-6-10(9)17-11-8(13(15)16)4-3-7-12-11/h1-7,14H. The summed E-state index contributed by atoms with van der Waals surface area (Å²) in [5.74, 6) is -0.138. The minimum absolute atomic E-state index is 0.104. The number of pyridine rings is 1. The van der Waals surface area contributed by atoms with Gasteiger partial charge >= 0.3 is 5.69 Å². The van der Waals surface area contributed by atoms with Crippen molar-refractivity contribution < 1.29 is 14.8 Å². The van der Waals surface area contributed by atoms with Gasteiger partial charge in [0.25, 0.3) is 5.88 Å². The number of phenolic OH excluding ortho intramolecular Hbond substituents is 1. The van der Waals surface area contributed by atoms with Crippen molar-refractivity contribution in [1.82, 2.24) is 4.98 Å². The van der Waals surface area contributed by atoms with E-state index in [-0.39, 0.29) is 23.1 Å². The van der Waals surface area contributed by atoms with Gasteiger partial charge in [0.2, 0.25) is 0 Å². The summed E-state index contributed by atoms with van der Waals surface area (Å²) in [5, 5.41) is 20.2. The molecule has 0 aliphatic heterocycles. The van der Waals surface area contributed by atoms with Crippen molar-refractivity contribution in [3.63, 3.8) is 0 Å². The topological polar surface area (TPSA) is 85.5 Å². The molecule has 2 rings (SSSR count). The average Bonchev–Trinajstić information content (AvgIpc) is 2.32. The number of phenols is 1. The van der Waals surface area contributed by atoms with Crippen LogP contribution in [0.4, 0.5) is 5.69 Å². The summed E-state index contributed by atoms with van der Waals surface area (Å²) in [6.07, 6.45) is 1.38. The third-order valence-electron chi connectivity index (χ3n) is 2.02. The first-order valence-corrected chi connectivity index (χ1v) is 4.74. The second-order valence-corrected chi connectivity index (χ2v) is 3.15. The molecule has 0 saturated heterocycles. The Hall–Kier alpha value is -2.63. The number of aromatic nitrogens is 1. The molecule has 0 fully saturated rings. The maximum atomic E-state index is 10.7. The summed E-state index contributed by atoms with van der Waals surface area (Å²) in [5.41, 5.74) is -0.254. The van der Waals surface area contributed by atoms with Gasteiger partial charge in [0.15, 0.2) is 11.5 Å². The highest BCUT2D eigenvalue weighted by atomic mass is 16.6. The molecule has 0 aliphatic carbocycles. The molecule has 1 heterocycles. The summed E-state index contributed by atoms with van der Waals surface area (Å²) < 4.78 is 5.20. The lowest BCUT2D eigenvalue weighted by atomic mass is 10.3. The SMILES string of the molecule is O=[N+]([O-])c1cccnc1Oc1ccccc1O. The lowest BCUT2D eigenvalue weighted by Gasteiger charge is -2.05. The van der Waals surface area contributed by atoms with Crippen LogP contribution >= 0.6 is 0 Å². The van der Waals surface area contributed by atoms with Gasteiger partial charge in [-0.25, -0.2) is 4.98 Å². The molecular formula is C11H8N2O4. The molecule has 1 aromatic carbocycles. The van der Waals surface area contributed by atoms with Crippen molar-refractivity contribution in [2.24, 2.45) is 0 Å². The summed E-state index contributed by atoms with van der Waals surface area (Å²) in [7, 11) is 0. The third kappa shape index (κ3) is 2.31. The van der Waals surface area contributed by atoms with Crippen LogP contribution in [-0.2, 0) is 0 Å². The lowest BCUT2D eigenvalue weighted by molar-refractivity contribution is -0.386. The third-order valence-corrected chi connectivity index (χ3v) is 2.02. The van der Waals surface area contributed by atoms with Crippen molar-refractivity contribution in [2.45, 2.75) is 0 Å². The molecule has 0 atom stereocenters. The Balaban J connectivity index is 2.37. The van der Waals surface area contributed by atoms with E-state index in [1.165, 1.54) is 30.5 Å². The minimum Gasteiger partial charge on any atom is -0.504 e. The van der Waals surface area contributed by atoms with E-state index < -0.39 is 4.92 Å². The number of nitro groups is 1. The summed E-state index contributed by atoms with van der Waals surface area (Å²) in [4.78, 5) is 13.9. The summed E-state index contributed by atoms with van der Waals surface area (Å²) >= 11 is 0. The van der Waals surface area contributed by atoms with E-state index in [9.17, 15) is 15.2 Å². The van der Waals surface area contributed by atoms with Crippen molar-refractivity contribution >= 4 is 5.69 Å². The molecule has 0 aliphatic rings. The molecule has 0 bridgehead atoms. The first-order chi connectivity index (χ1) is 8.18. The van der Waals surface area contributed by atoms with Crippen LogP contribution in [0.15, 0.2) is 42.6 Å². The molecule has 1 N–H and O–H groups in total. The Bertz CT molecular complexity index is 557. The van der Waals surface area contributed by atoms with Crippen LogP contribution in [-0.4, -0.2) is 15.0 Å². The fourth-order valence-electron chi connectivity index (χ4n) is 1.25. The van der Waals surface area contributed by atoms with Gasteiger partial charge in [0.1, 0.15) is 0 Å². The van der Waals surface area contributed by atoms with E-state index in [4.69, 9.17) is 4.74 Å². The molecule has 0 amide bonds. The molecule has 0 spiro atoms. The molecule has 1 aromatic heterocycles. The zero-order valence-corrected chi connectivity index (χ0v) is 8.61. The van der Waals surface area contributed by atoms with E-state index >= 15 is 0 Å². The van der Waals surface area contributed by atoms with E-state index in [1.807, 2.05) is 0 Å². The van der Waals surface area contributed by atoms with Crippen LogP contribution in [0.2, 0.25) is 0 Å². The Morgan fingerprint density at radius 2 is 2.00 bits per heavy atom. The number of para-hydroxylation sites is 2. The fraction of sp³-hybridized carbons (Fsp3) is 0. The molecule has 17 heavy (non-hydrogen) atoms. The molecule has 86 valence electrons. The van der Waals surface area contributed by atoms with Gasteiger partial charge in [0.05, 0.1) is 4.92 Å². The number of aromatic hydroxyl groups is 1. The number of benzene rings is 1. The fourth-order valence-corrected chi connectivity index (χ4v) is 1.25. The molecule has 6 heteroatoms. The van der Waals surface area contributed by atoms with Gasteiger partial charge in [-0.3, -0.25) is 10.1 Å². The largest absolute Gasteiger partial charge is 0.504 e. The van der Waals surface area contributed by atoms with Gasteiger partial charge in [-0.2, -0.15) is 0 Å². The summed E-state index contributed by atoms with van der Waals surface area (Å²) in [6, 6.07) is 8.90. The predicted octanol–water partition coefficient (Wildman–Crippen LogP) is 2.49. The average molecular weight is 232 g/mol. The Morgan fingerprint density at radius 3 is 2.71 bits per heavy atom. The molecule has 0 radical (unpaired) electrons. The maximum absolute atomic E-state index is 10.7. The summed E-state index contributed by atoms with van der Waals surface area (Å²) in [6.45, 7) is 0. The van der Waals surface area contributed by atoms with Crippen LogP contribution in [0.3, 0.4) is 0 Å². The van der Waals surface area contributed by atoms with E-state index in [0.29, 0.717) is 0 Å². The molecular weight excluding hydrogens is 224 g/mol. The smallest absolute Gasteiger partial charge is 0.331 e. The normalized spacial score (nSPS) is 9.88. The van der Waals surface area contributed by atoms with E-state index in [2.05, 4.69) is 4.98 Å². The van der Waals surface area contributed by atoms with E-state index in [0.717, 1.165) is 0 Å². The first kappa shape index (κ1) is 10.9. The van der Waals surface area contributed by atoms with Gasteiger partial charge in [-0.05, 0) is 18.2 Å². The number of hydrogen-bond donors (Lipinski definition) is 1. The van der Waals surface area contributed by atoms with Crippen molar-refractivity contribution in [3.8, 4) is 17.4 Å². The zero-order chi connectivity index (χ0) is 12.3.